The van der Waals surface area contributed by atoms with E-state index in [-0.39, 0.29) is 12.0 Å². The molecule has 0 fully saturated rings. The number of nitrogens with two attached hydrogens (primary N) is 1. The quantitative estimate of drug-likeness (QED) is 0.426. The molecule has 2 aromatic rings. The van der Waals surface area contributed by atoms with Crippen molar-refractivity contribution in [3.63, 3.8) is 0 Å². The van der Waals surface area contributed by atoms with Gasteiger partial charge in [0.15, 0.2) is 5.78 Å². The molecule has 0 aliphatic heterocycles. The number of hydrogen-bond acceptors (Lipinski definition) is 5. The van der Waals surface area contributed by atoms with Crippen molar-refractivity contribution >= 4 is 34.7 Å². The normalized spacial score (nSPS) is 10.2. The number of halogens is 5. The van der Waals surface area contributed by atoms with Crippen molar-refractivity contribution in [3.05, 3.63) is 58.1 Å². The summed E-state index contributed by atoms with van der Waals surface area (Å²) in [6, 6.07) is 11.2. The van der Waals surface area contributed by atoms with Crippen molar-refractivity contribution in [1.82, 2.24) is 0 Å². The van der Waals surface area contributed by atoms with Gasteiger partial charge in [-0.2, -0.15) is 5.26 Å². The molecule has 2 rings (SSSR count). The Balaban J connectivity index is 0.000000289. The number of anilines is 1. The molecule has 10 heteroatoms. The number of ether oxygens (including phenoxy) is 1. The summed E-state index contributed by atoms with van der Waals surface area (Å²) in [5.74, 6) is 4.27. The molecular weight excluding hydrogens is 394 g/mol. The lowest BCUT2D eigenvalue weighted by Gasteiger charge is -2.08. The smallest absolute Gasteiger partial charge is 0.406 e. The van der Waals surface area contributed by atoms with Gasteiger partial charge in [-0.1, -0.05) is 23.2 Å². The zero-order valence-corrected chi connectivity index (χ0v) is 14.5. The Labute approximate surface area is 157 Å². The van der Waals surface area contributed by atoms with Gasteiger partial charge in [0.25, 0.3) is 0 Å². The third kappa shape index (κ3) is 7.61. The predicted molar refractivity (Wildman–Crippen MR) is 92.0 cm³/mol. The largest absolute Gasteiger partial charge is 0.573 e. The van der Waals surface area contributed by atoms with Crippen LogP contribution in [-0.2, 0) is 0 Å². The fourth-order valence-corrected chi connectivity index (χ4v) is 1.90. The first-order valence-electron chi connectivity index (χ1n) is 6.84. The number of ketones is 1. The summed E-state index contributed by atoms with van der Waals surface area (Å²) < 4.78 is 39.0. The van der Waals surface area contributed by atoms with Gasteiger partial charge in [-0.05, 0) is 42.5 Å². The zero-order valence-electron chi connectivity index (χ0n) is 13.0. The van der Waals surface area contributed by atoms with Gasteiger partial charge in [0.1, 0.15) is 5.75 Å². The lowest BCUT2D eigenvalue weighted by Crippen LogP contribution is -2.17. The van der Waals surface area contributed by atoms with E-state index < -0.39 is 17.9 Å². The Hall–Kier alpha value is -2.47. The van der Waals surface area contributed by atoms with Crippen LogP contribution in [0.4, 0.5) is 18.9 Å². The summed E-state index contributed by atoms with van der Waals surface area (Å²) in [6.45, 7) is 0. The van der Waals surface area contributed by atoms with E-state index in [9.17, 15) is 18.0 Å². The number of carbonyl (C=O) groups is 1. The summed E-state index contributed by atoms with van der Waals surface area (Å²) in [5, 5.41) is 9.29. The molecule has 0 spiro atoms. The minimum absolute atomic E-state index is 0.177. The van der Waals surface area contributed by atoms with E-state index in [0.717, 1.165) is 17.8 Å². The number of hydrogen-bond donors (Lipinski definition) is 2. The van der Waals surface area contributed by atoms with Gasteiger partial charge in [-0.25, -0.2) is 0 Å². The van der Waals surface area contributed by atoms with Gasteiger partial charge >= 0.3 is 6.36 Å². The first kappa shape index (κ1) is 21.6. The first-order valence-corrected chi connectivity index (χ1v) is 7.59. The van der Waals surface area contributed by atoms with Crippen molar-refractivity contribution in [2.45, 2.75) is 12.8 Å². The topological polar surface area (TPSA) is 88.1 Å². The van der Waals surface area contributed by atoms with Gasteiger partial charge in [-0.3, -0.25) is 10.6 Å². The fourth-order valence-electron chi connectivity index (χ4n) is 1.60. The van der Waals surface area contributed by atoms with Crippen LogP contribution in [0.15, 0.2) is 42.5 Å². The molecule has 0 unspecified atom stereocenters. The number of benzene rings is 2. The van der Waals surface area contributed by atoms with E-state index >= 15 is 0 Å². The highest BCUT2D eigenvalue weighted by Crippen LogP contribution is 2.24. The predicted octanol–water partition coefficient (Wildman–Crippen LogP) is 4.96. The van der Waals surface area contributed by atoms with Gasteiger partial charge in [0, 0.05) is 5.56 Å². The van der Waals surface area contributed by atoms with Crippen molar-refractivity contribution in [2.75, 3.05) is 5.43 Å². The molecule has 138 valence electrons. The number of rotatable bonds is 4. The number of nitrogens with zero attached hydrogens (tertiary/aromatic N) is 1. The molecule has 0 saturated heterocycles. The van der Waals surface area contributed by atoms with Crippen molar-refractivity contribution in [1.29, 1.82) is 5.26 Å². The van der Waals surface area contributed by atoms with Gasteiger partial charge < -0.3 is 10.2 Å². The second-order valence-electron chi connectivity index (χ2n) is 4.60. The highest BCUT2D eigenvalue weighted by Gasteiger charge is 2.31. The molecule has 0 radical (unpaired) electrons. The monoisotopic (exact) mass is 405 g/mol. The second-order valence-corrected chi connectivity index (χ2v) is 5.42. The third-order valence-corrected chi connectivity index (χ3v) is 3.47. The van der Waals surface area contributed by atoms with E-state index in [1.54, 1.807) is 24.3 Å². The van der Waals surface area contributed by atoms with Gasteiger partial charge in [-0.15, -0.1) is 13.2 Å². The summed E-state index contributed by atoms with van der Waals surface area (Å²) in [6.07, 6.45) is -5.06. The van der Waals surface area contributed by atoms with Crippen molar-refractivity contribution in [2.24, 2.45) is 5.84 Å². The van der Waals surface area contributed by atoms with E-state index in [2.05, 4.69) is 10.2 Å². The van der Waals surface area contributed by atoms with Crippen LogP contribution >= 0.6 is 23.2 Å². The summed E-state index contributed by atoms with van der Waals surface area (Å²) in [5.41, 5.74) is 3.37. The van der Waals surface area contributed by atoms with Crippen LogP contribution in [0.1, 0.15) is 16.8 Å². The molecular formula is C16H12Cl2F3N3O2. The van der Waals surface area contributed by atoms with Gasteiger partial charge in [0.2, 0.25) is 0 Å². The standard InChI is InChI=1S/C10H6F3NO2.C6H6Cl2N2/c11-10(12,13)16-8-3-1-7(2-4-8)9(15)5-6-14;7-5-2-1-4(10-9)3-6(5)8/h1-4H,5H2;1-3,10H,9H2. The second kappa shape index (κ2) is 9.87. The van der Waals surface area contributed by atoms with E-state index in [1.165, 1.54) is 12.1 Å². The Morgan fingerprint density at radius 2 is 1.77 bits per heavy atom. The molecule has 5 nitrogen and oxygen atoms in total. The molecule has 0 atom stereocenters. The minimum Gasteiger partial charge on any atom is -0.406 e. The first-order chi connectivity index (χ1) is 12.2. The van der Waals surface area contributed by atoms with Crippen LogP contribution in [0.5, 0.6) is 5.75 Å². The number of nitrogen functional groups attached to an aromatic ring is 1. The number of carbonyl (C=O) groups excluding carboxylic acids is 1. The molecule has 0 aliphatic rings. The highest BCUT2D eigenvalue weighted by molar-refractivity contribution is 6.42. The molecule has 0 saturated carbocycles. The zero-order chi connectivity index (χ0) is 19.7. The molecule has 0 bridgehead atoms. The Kier molecular flexibility index (Phi) is 8.19. The van der Waals surface area contributed by atoms with Crippen LogP contribution in [0, 0.1) is 11.3 Å². The van der Waals surface area contributed by atoms with Gasteiger partial charge in [0.05, 0.1) is 28.2 Å². The number of hydrazine groups is 1. The molecule has 0 heterocycles. The molecule has 3 N–H and O–H groups in total. The molecule has 26 heavy (non-hydrogen) atoms. The van der Waals surface area contributed by atoms with Crippen LogP contribution in [0.25, 0.3) is 0 Å². The number of nitriles is 1. The maximum Gasteiger partial charge on any atom is 0.573 e. The van der Waals surface area contributed by atoms with Crippen LogP contribution in [-0.4, -0.2) is 12.1 Å². The number of Topliss-reactive ketones (excluding diaryl/α,β-unsaturated/α-hetero) is 1. The maximum absolute atomic E-state index is 11.8. The lowest BCUT2D eigenvalue weighted by atomic mass is 10.1. The Morgan fingerprint density at radius 3 is 2.23 bits per heavy atom. The molecule has 0 aromatic heterocycles. The highest BCUT2D eigenvalue weighted by atomic mass is 35.5. The maximum atomic E-state index is 11.8. The molecule has 2 aromatic carbocycles. The van der Waals surface area contributed by atoms with Crippen molar-refractivity contribution in [3.8, 4) is 11.8 Å². The minimum atomic E-state index is -4.75. The van der Waals surface area contributed by atoms with E-state index in [4.69, 9.17) is 34.3 Å². The average molecular weight is 406 g/mol. The average Bonchev–Trinajstić information content (AvgIpc) is 2.57. The number of alkyl halides is 3. The third-order valence-electron chi connectivity index (χ3n) is 2.74. The summed E-state index contributed by atoms with van der Waals surface area (Å²) in [4.78, 5) is 11.2. The lowest BCUT2D eigenvalue weighted by molar-refractivity contribution is -0.274. The van der Waals surface area contributed by atoms with Crippen molar-refractivity contribution < 1.29 is 22.7 Å². The Bertz CT molecular complexity index is 791. The summed E-state index contributed by atoms with van der Waals surface area (Å²) in [7, 11) is 0. The van der Waals surface area contributed by atoms with Crippen LogP contribution < -0.4 is 16.0 Å². The summed E-state index contributed by atoms with van der Waals surface area (Å²) >= 11 is 11.3. The fraction of sp³-hybridized carbons (Fsp3) is 0.125. The molecule has 0 amide bonds. The Morgan fingerprint density at radius 1 is 1.15 bits per heavy atom. The van der Waals surface area contributed by atoms with E-state index in [1.807, 2.05) is 0 Å². The van der Waals surface area contributed by atoms with E-state index in [0.29, 0.717) is 10.0 Å². The SMILES string of the molecule is N#CCC(=O)c1ccc(OC(F)(F)F)cc1.NNc1ccc(Cl)c(Cl)c1. The number of nitrogens with one attached hydrogen (secondary N) is 1. The molecule has 0 aliphatic carbocycles. The van der Waals surface area contributed by atoms with Crippen LogP contribution in [0.2, 0.25) is 10.0 Å². The van der Waals surface area contributed by atoms with Crippen LogP contribution in [0.3, 0.4) is 0 Å².